The maximum Gasteiger partial charge on any atom is 0.430 e. The minimum Gasteiger partial charge on any atom is -0.384 e. The third kappa shape index (κ3) is 6.50. The molecule has 0 radical (unpaired) electrons. The van der Waals surface area contributed by atoms with Crippen LogP contribution in [0.1, 0.15) is 19.4 Å². The molecule has 0 saturated carbocycles. The minimum atomic E-state index is -6.15. The van der Waals surface area contributed by atoms with Crippen LogP contribution >= 0.6 is 0 Å². The lowest BCUT2D eigenvalue weighted by Gasteiger charge is -2.43. The molecule has 1 unspecified atom stereocenters. The van der Waals surface area contributed by atoms with Crippen molar-refractivity contribution in [2.24, 2.45) is 0 Å². The topological polar surface area (TPSA) is 163 Å². The van der Waals surface area contributed by atoms with Crippen molar-refractivity contribution in [3.05, 3.63) is 36.3 Å². The average molecular weight is 636 g/mol. The van der Waals surface area contributed by atoms with E-state index in [1.807, 2.05) is 0 Å². The molecule has 1 saturated heterocycles. The van der Waals surface area contributed by atoms with Gasteiger partial charge in [-0.05, 0) is 26.0 Å². The Labute approximate surface area is 231 Å². The monoisotopic (exact) mass is 635 g/mol. The predicted molar refractivity (Wildman–Crippen MR) is 133 cm³/mol. The van der Waals surface area contributed by atoms with Gasteiger partial charge in [0.25, 0.3) is 5.60 Å². The lowest BCUT2D eigenvalue weighted by molar-refractivity contribution is -0.376. The molecule has 3 heterocycles. The van der Waals surface area contributed by atoms with Gasteiger partial charge in [-0.3, -0.25) is 0 Å². The second kappa shape index (κ2) is 11.1. The number of alkyl halides is 6. The minimum absolute atomic E-state index is 0.0657. The highest BCUT2D eigenvalue weighted by Gasteiger charge is 2.71. The van der Waals surface area contributed by atoms with Crippen LogP contribution in [0, 0.1) is 0 Å². The number of pyridine rings is 1. The number of piperazine rings is 1. The Morgan fingerprint density at radius 2 is 1.56 bits per heavy atom. The molecule has 0 spiro atoms. The molecule has 1 aliphatic rings. The highest BCUT2D eigenvalue weighted by molar-refractivity contribution is 7.89. The van der Waals surface area contributed by atoms with E-state index in [4.69, 9.17) is 5.73 Å². The summed E-state index contributed by atoms with van der Waals surface area (Å²) in [4.78, 5) is 12.1. The molecule has 1 fully saturated rings. The van der Waals surface area contributed by atoms with Gasteiger partial charge in [0, 0.05) is 56.4 Å². The van der Waals surface area contributed by atoms with Gasteiger partial charge in [-0.1, -0.05) is 0 Å². The largest absolute Gasteiger partial charge is 0.430 e. The lowest BCUT2D eigenvalue weighted by atomic mass is 9.95. The first-order valence-electron chi connectivity index (χ1n) is 11.7. The Hall–Kier alpha value is -2.81. The van der Waals surface area contributed by atoms with Crippen molar-refractivity contribution in [3.8, 4) is 0 Å². The summed E-state index contributed by atoms with van der Waals surface area (Å²) in [5.74, 6) is -0.343. The first-order chi connectivity index (χ1) is 18.6. The molecule has 1 aliphatic heterocycles. The number of hydrogen-bond donors (Lipinski definition) is 2. The first-order valence-corrected chi connectivity index (χ1v) is 15.0. The summed E-state index contributed by atoms with van der Waals surface area (Å²) >= 11 is 0. The number of sulfonamides is 2. The number of nitrogen functional groups attached to an aromatic ring is 1. The van der Waals surface area contributed by atoms with Crippen LogP contribution in [0.2, 0.25) is 0 Å². The fraction of sp³-hybridized carbons (Fsp3) is 0.571. The number of rotatable bonds is 8. The zero-order chi connectivity index (χ0) is 31.2. The second-order valence-electron chi connectivity index (χ2n) is 9.53. The molecular formula is C21H27F6N7O5S2. The van der Waals surface area contributed by atoms with Gasteiger partial charge in [-0.2, -0.15) is 35.0 Å². The van der Waals surface area contributed by atoms with E-state index in [0.29, 0.717) is 0 Å². The van der Waals surface area contributed by atoms with Gasteiger partial charge in [0.1, 0.15) is 10.7 Å². The van der Waals surface area contributed by atoms with Crippen molar-refractivity contribution in [2.45, 2.75) is 48.8 Å². The smallest absolute Gasteiger partial charge is 0.384 e. The first kappa shape index (κ1) is 32.7. The van der Waals surface area contributed by atoms with Gasteiger partial charge in [-0.15, -0.1) is 0 Å². The summed E-state index contributed by atoms with van der Waals surface area (Å²) in [6.45, 7) is 1.98. The van der Waals surface area contributed by atoms with Crippen molar-refractivity contribution in [3.63, 3.8) is 0 Å². The number of anilines is 2. The fourth-order valence-corrected chi connectivity index (χ4v) is 6.86. The Morgan fingerprint density at radius 1 is 1.00 bits per heavy atom. The number of nitrogens with zero attached hydrogens (tertiary/aromatic N) is 6. The molecule has 0 bridgehead atoms. The molecule has 0 aliphatic carbocycles. The Balaban J connectivity index is 2.03. The summed E-state index contributed by atoms with van der Waals surface area (Å²) in [6.07, 6.45) is -10.0. The molecule has 3 N–H and O–H groups in total. The van der Waals surface area contributed by atoms with Crippen molar-refractivity contribution in [1.82, 2.24) is 23.6 Å². The van der Waals surface area contributed by atoms with E-state index < -0.39 is 61.6 Å². The van der Waals surface area contributed by atoms with E-state index in [1.54, 1.807) is 13.8 Å². The highest BCUT2D eigenvalue weighted by atomic mass is 32.2. The average Bonchev–Trinajstić information content (AvgIpc) is 2.84. The summed E-state index contributed by atoms with van der Waals surface area (Å²) in [5, 5.41) is 9.62. The zero-order valence-corrected chi connectivity index (χ0v) is 23.4. The van der Waals surface area contributed by atoms with Crippen LogP contribution in [0.4, 0.5) is 38.1 Å². The van der Waals surface area contributed by atoms with Gasteiger partial charge in [0.15, 0.2) is 0 Å². The van der Waals surface area contributed by atoms with E-state index in [1.165, 1.54) is 17.0 Å². The highest BCUT2D eigenvalue weighted by Crippen LogP contribution is 2.49. The van der Waals surface area contributed by atoms with Gasteiger partial charge < -0.3 is 15.7 Å². The maximum atomic E-state index is 13.3. The van der Waals surface area contributed by atoms with Gasteiger partial charge in [-0.25, -0.2) is 31.8 Å². The van der Waals surface area contributed by atoms with Gasteiger partial charge in [0.05, 0.1) is 12.3 Å². The number of aliphatic hydroxyl groups is 1. The van der Waals surface area contributed by atoms with Crippen LogP contribution in [-0.2, 0) is 25.6 Å². The maximum absolute atomic E-state index is 13.3. The molecule has 41 heavy (non-hydrogen) atoms. The van der Waals surface area contributed by atoms with Gasteiger partial charge in [0.2, 0.25) is 26.0 Å². The van der Waals surface area contributed by atoms with Crippen LogP contribution in [-0.4, -0.2) is 102 Å². The number of aromatic nitrogens is 3. The van der Waals surface area contributed by atoms with Crippen LogP contribution in [0.5, 0.6) is 0 Å². The normalized spacial score (nSPS) is 18.3. The van der Waals surface area contributed by atoms with Crippen molar-refractivity contribution < 1.29 is 48.3 Å². The molecule has 12 nitrogen and oxygen atoms in total. The lowest BCUT2D eigenvalue weighted by Crippen LogP contribution is -2.60. The summed E-state index contributed by atoms with van der Waals surface area (Å²) < 4.78 is 133. The molecular weight excluding hydrogens is 608 g/mol. The van der Waals surface area contributed by atoms with Crippen LogP contribution in [0.15, 0.2) is 35.6 Å². The summed E-state index contributed by atoms with van der Waals surface area (Å²) in [6, 6.07) is 0.855. The summed E-state index contributed by atoms with van der Waals surface area (Å²) in [7, 11) is -8.02. The number of hydrogen-bond acceptors (Lipinski definition) is 10. The quantitative estimate of drug-likeness (QED) is 0.405. The summed E-state index contributed by atoms with van der Waals surface area (Å²) in [5.41, 5.74) is -1.41. The number of halogens is 6. The van der Waals surface area contributed by atoms with E-state index in [0.717, 1.165) is 21.1 Å². The molecule has 0 aromatic carbocycles. The Morgan fingerprint density at radius 3 is 2.00 bits per heavy atom. The molecule has 230 valence electrons. The zero-order valence-electron chi connectivity index (χ0n) is 21.8. The van der Waals surface area contributed by atoms with Crippen molar-refractivity contribution in [1.29, 1.82) is 0 Å². The number of nitrogens with two attached hydrogens (primary N) is 1. The third-order valence-electron chi connectivity index (χ3n) is 6.37. The molecule has 0 amide bonds. The van der Waals surface area contributed by atoms with Crippen molar-refractivity contribution >= 4 is 31.8 Å². The fourth-order valence-electron chi connectivity index (χ4n) is 4.24. The van der Waals surface area contributed by atoms with E-state index >= 15 is 0 Å². The van der Waals surface area contributed by atoms with Crippen LogP contribution in [0.25, 0.3) is 0 Å². The Kier molecular flexibility index (Phi) is 8.87. The third-order valence-corrected chi connectivity index (χ3v) is 9.64. The van der Waals surface area contributed by atoms with Gasteiger partial charge >= 0.3 is 12.4 Å². The van der Waals surface area contributed by atoms with E-state index in [2.05, 4.69) is 15.0 Å². The molecule has 1 atom stereocenters. The second-order valence-corrected chi connectivity index (χ2v) is 13.4. The van der Waals surface area contributed by atoms with Crippen LogP contribution in [0.3, 0.4) is 0 Å². The molecule has 2 aromatic heterocycles. The SMILES string of the molecule is CC(C)N(CC1CN(S(=O)(=O)c2ccc(N)nc2)CCN1c1ncc(C(O)(C(F)(F)F)C(F)(F)F)cn1)S(C)(=O)=O. The molecule has 20 heteroatoms. The van der Waals surface area contributed by atoms with E-state index in [9.17, 15) is 48.3 Å². The standard InChI is InChI=1S/C21H27F6N7O5S2/c1-13(2)34(40(3,36)37)12-15-11-32(41(38,39)16-4-5-17(28)29-10-16)6-7-33(15)18-30-8-14(9-31-18)19(35,20(22,23)24)21(25,26)27/h4-5,8-10,13,15,35H,6-7,11-12H2,1-3H3,(H2,28,29). The van der Waals surface area contributed by atoms with E-state index in [-0.39, 0.29) is 49.3 Å². The predicted octanol–water partition coefficient (Wildman–Crippen LogP) is 1.32. The molecule has 2 aromatic rings. The molecule has 3 rings (SSSR count). The van der Waals surface area contributed by atoms with Crippen LogP contribution < -0.4 is 10.6 Å². The van der Waals surface area contributed by atoms with Crippen molar-refractivity contribution in [2.75, 3.05) is 43.1 Å². The Bertz CT molecular complexity index is 1420.